The standard InChI is InChI=1S/C13H18ClN3O3S/c1-9(17-4-6-21(19,20)7-5-17)13(18)16-12-3-2-10(14)8-11(12)15/h2-3,8-9H,4-7,15H2,1H3,(H,16,18). The van der Waals surface area contributed by atoms with E-state index in [-0.39, 0.29) is 17.4 Å². The van der Waals surface area contributed by atoms with Gasteiger partial charge in [0.1, 0.15) is 0 Å². The van der Waals surface area contributed by atoms with Gasteiger partial charge in [0.25, 0.3) is 0 Å². The molecule has 1 aliphatic rings. The van der Waals surface area contributed by atoms with E-state index in [2.05, 4.69) is 5.32 Å². The number of rotatable bonds is 3. The molecule has 6 nitrogen and oxygen atoms in total. The summed E-state index contributed by atoms with van der Waals surface area (Å²) in [7, 11) is -2.95. The summed E-state index contributed by atoms with van der Waals surface area (Å²) in [6, 6.07) is 4.43. The van der Waals surface area contributed by atoms with Crippen molar-refractivity contribution >= 4 is 38.7 Å². The van der Waals surface area contributed by atoms with Crippen LogP contribution in [0, 0.1) is 0 Å². The third-order valence-corrected chi connectivity index (χ3v) is 5.42. The van der Waals surface area contributed by atoms with Crippen molar-refractivity contribution in [2.24, 2.45) is 0 Å². The Kier molecular flexibility index (Phi) is 4.75. The highest BCUT2D eigenvalue weighted by atomic mass is 35.5. The highest BCUT2D eigenvalue weighted by Crippen LogP contribution is 2.23. The molecular weight excluding hydrogens is 314 g/mol. The van der Waals surface area contributed by atoms with E-state index in [1.54, 1.807) is 25.1 Å². The van der Waals surface area contributed by atoms with Gasteiger partial charge in [-0.3, -0.25) is 9.69 Å². The van der Waals surface area contributed by atoms with E-state index < -0.39 is 15.9 Å². The molecule has 0 spiro atoms. The molecule has 116 valence electrons. The summed E-state index contributed by atoms with van der Waals surface area (Å²) >= 11 is 5.81. The SMILES string of the molecule is CC(C(=O)Nc1ccc(Cl)cc1N)N1CCS(=O)(=O)CC1. The number of benzene rings is 1. The lowest BCUT2D eigenvalue weighted by Crippen LogP contribution is -2.49. The van der Waals surface area contributed by atoms with Crippen molar-refractivity contribution in [3.8, 4) is 0 Å². The van der Waals surface area contributed by atoms with Gasteiger partial charge in [0.15, 0.2) is 9.84 Å². The summed E-state index contributed by atoms with van der Waals surface area (Å²) in [6.45, 7) is 2.49. The first-order valence-corrected chi connectivity index (χ1v) is 8.79. The third-order valence-electron chi connectivity index (χ3n) is 3.58. The Hall–Kier alpha value is -1.31. The van der Waals surface area contributed by atoms with Gasteiger partial charge in [0.2, 0.25) is 5.91 Å². The van der Waals surface area contributed by atoms with E-state index >= 15 is 0 Å². The molecule has 3 N–H and O–H groups in total. The van der Waals surface area contributed by atoms with E-state index in [1.807, 2.05) is 4.90 Å². The minimum Gasteiger partial charge on any atom is -0.397 e. The molecule has 1 atom stereocenters. The van der Waals surface area contributed by atoms with Crippen LogP contribution in [0.2, 0.25) is 5.02 Å². The minimum absolute atomic E-state index is 0.0910. The van der Waals surface area contributed by atoms with E-state index in [9.17, 15) is 13.2 Å². The maximum atomic E-state index is 12.2. The van der Waals surface area contributed by atoms with Gasteiger partial charge >= 0.3 is 0 Å². The van der Waals surface area contributed by atoms with Crippen LogP contribution in [0.15, 0.2) is 18.2 Å². The smallest absolute Gasteiger partial charge is 0.241 e. The average Bonchev–Trinajstić information content (AvgIpc) is 2.41. The van der Waals surface area contributed by atoms with Crippen LogP contribution in [-0.2, 0) is 14.6 Å². The molecular formula is C13H18ClN3O3S. The fourth-order valence-corrected chi connectivity index (χ4v) is 3.57. The van der Waals surface area contributed by atoms with Gasteiger partial charge in [-0.05, 0) is 25.1 Å². The number of nitrogens with one attached hydrogen (secondary N) is 1. The number of sulfone groups is 1. The number of nitrogens with zero attached hydrogens (tertiary/aromatic N) is 1. The number of anilines is 2. The van der Waals surface area contributed by atoms with Crippen molar-refractivity contribution < 1.29 is 13.2 Å². The Morgan fingerprint density at radius 1 is 1.38 bits per heavy atom. The molecule has 0 saturated carbocycles. The average molecular weight is 332 g/mol. The predicted molar refractivity (Wildman–Crippen MR) is 84.2 cm³/mol. The number of hydrogen-bond acceptors (Lipinski definition) is 5. The monoisotopic (exact) mass is 331 g/mol. The van der Waals surface area contributed by atoms with Gasteiger partial charge in [0, 0.05) is 18.1 Å². The molecule has 21 heavy (non-hydrogen) atoms. The Balaban J connectivity index is 2.00. The highest BCUT2D eigenvalue weighted by Gasteiger charge is 2.28. The summed E-state index contributed by atoms with van der Waals surface area (Å²) in [5.74, 6) is -0.0372. The molecule has 1 aromatic rings. The van der Waals surface area contributed by atoms with Gasteiger partial charge in [-0.1, -0.05) is 11.6 Å². The Labute approximate surface area is 129 Å². The molecule has 0 aromatic heterocycles. The van der Waals surface area contributed by atoms with E-state index in [0.29, 0.717) is 29.5 Å². The van der Waals surface area contributed by atoms with Crippen molar-refractivity contribution in [3.63, 3.8) is 0 Å². The first-order valence-electron chi connectivity index (χ1n) is 6.59. The minimum atomic E-state index is -2.95. The Bertz CT molecular complexity index is 634. The number of nitrogen functional groups attached to an aromatic ring is 1. The lowest BCUT2D eigenvalue weighted by atomic mass is 10.2. The zero-order chi connectivity index (χ0) is 15.6. The van der Waals surface area contributed by atoms with E-state index in [4.69, 9.17) is 17.3 Å². The summed E-state index contributed by atoms with van der Waals surface area (Å²) in [5, 5.41) is 3.24. The molecule has 0 radical (unpaired) electrons. The maximum Gasteiger partial charge on any atom is 0.241 e. The van der Waals surface area contributed by atoms with E-state index in [0.717, 1.165) is 0 Å². The number of hydrogen-bond donors (Lipinski definition) is 2. The van der Waals surface area contributed by atoms with Gasteiger partial charge in [-0.15, -0.1) is 0 Å². The first-order chi connectivity index (χ1) is 9.78. The molecule has 0 aliphatic carbocycles. The largest absolute Gasteiger partial charge is 0.397 e. The molecule has 8 heteroatoms. The van der Waals surface area contributed by atoms with Gasteiger partial charge < -0.3 is 11.1 Å². The van der Waals surface area contributed by atoms with Crippen LogP contribution in [0.1, 0.15) is 6.92 Å². The second-order valence-corrected chi connectivity index (χ2v) is 7.82. The van der Waals surface area contributed by atoms with Crippen LogP contribution in [-0.4, -0.2) is 49.9 Å². The number of carbonyl (C=O) groups excluding carboxylic acids is 1. The molecule has 1 saturated heterocycles. The Morgan fingerprint density at radius 2 is 2.00 bits per heavy atom. The zero-order valence-corrected chi connectivity index (χ0v) is 13.2. The van der Waals surface area contributed by atoms with Gasteiger partial charge in [-0.25, -0.2) is 8.42 Å². The molecule has 1 amide bonds. The molecule has 2 rings (SSSR count). The third kappa shape index (κ3) is 4.09. The van der Waals surface area contributed by atoms with Crippen LogP contribution >= 0.6 is 11.6 Å². The fraction of sp³-hybridized carbons (Fsp3) is 0.462. The van der Waals surface area contributed by atoms with Crippen molar-refractivity contribution in [1.82, 2.24) is 4.90 Å². The number of nitrogens with two attached hydrogens (primary N) is 1. The summed E-state index contributed by atoms with van der Waals surface area (Å²) in [5.41, 5.74) is 6.69. The van der Waals surface area contributed by atoms with Crippen molar-refractivity contribution in [2.75, 3.05) is 35.6 Å². The van der Waals surface area contributed by atoms with Gasteiger partial charge in [-0.2, -0.15) is 0 Å². The first kappa shape index (κ1) is 16.1. The summed E-state index contributed by atoms with van der Waals surface area (Å²) in [6.07, 6.45) is 0. The van der Waals surface area contributed by atoms with Crippen LogP contribution < -0.4 is 11.1 Å². The summed E-state index contributed by atoms with van der Waals surface area (Å²) < 4.78 is 22.8. The molecule has 1 aromatic carbocycles. The second kappa shape index (κ2) is 6.21. The molecule has 1 unspecified atom stereocenters. The van der Waals surface area contributed by atoms with Crippen LogP contribution in [0.4, 0.5) is 11.4 Å². The Morgan fingerprint density at radius 3 is 2.57 bits per heavy atom. The molecule has 1 heterocycles. The lowest BCUT2D eigenvalue weighted by Gasteiger charge is -2.31. The maximum absolute atomic E-state index is 12.2. The van der Waals surface area contributed by atoms with Crippen LogP contribution in [0.3, 0.4) is 0 Å². The number of halogens is 1. The van der Waals surface area contributed by atoms with Crippen molar-refractivity contribution in [1.29, 1.82) is 0 Å². The highest BCUT2D eigenvalue weighted by molar-refractivity contribution is 7.91. The predicted octanol–water partition coefficient (Wildman–Crippen LogP) is 0.980. The van der Waals surface area contributed by atoms with Crippen LogP contribution in [0.25, 0.3) is 0 Å². The van der Waals surface area contributed by atoms with Gasteiger partial charge in [0.05, 0.1) is 28.9 Å². The zero-order valence-electron chi connectivity index (χ0n) is 11.7. The van der Waals surface area contributed by atoms with Crippen molar-refractivity contribution in [3.05, 3.63) is 23.2 Å². The van der Waals surface area contributed by atoms with Crippen LogP contribution in [0.5, 0.6) is 0 Å². The summed E-state index contributed by atoms with van der Waals surface area (Å²) in [4.78, 5) is 14.1. The molecule has 1 aliphatic heterocycles. The number of carbonyl (C=O) groups is 1. The number of amides is 1. The normalized spacial score (nSPS) is 19.9. The second-order valence-electron chi connectivity index (χ2n) is 5.08. The molecule has 1 fully saturated rings. The lowest BCUT2D eigenvalue weighted by molar-refractivity contribution is -0.120. The molecule has 0 bridgehead atoms. The quantitative estimate of drug-likeness (QED) is 0.805. The van der Waals surface area contributed by atoms with E-state index in [1.165, 1.54) is 0 Å². The topological polar surface area (TPSA) is 92.5 Å². The fourth-order valence-electron chi connectivity index (χ4n) is 2.16. The van der Waals surface area contributed by atoms with Crippen molar-refractivity contribution in [2.45, 2.75) is 13.0 Å².